The normalized spacial score (nSPS) is 32.6. The number of benzene rings is 1. The van der Waals surface area contributed by atoms with Gasteiger partial charge in [-0.25, -0.2) is 0 Å². The van der Waals surface area contributed by atoms with Crippen LogP contribution in [0.5, 0.6) is 0 Å². The Kier molecular flexibility index (Phi) is 3.88. The van der Waals surface area contributed by atoms with Crippen molar-refractivity contribution in [3.05, 3.63) is 40.7 Å². The van der Waals surface area contributed by atoms with Crippen molar-refractivity contribution in [1.82, 2.24) is 15.1 Å². The largest absolute Gasteiger partial charge is 0.351 e. The van der Waals surface area contributed by atoms with Crippen molar-refractivity contribution >= 4 is 16.8 Å². The maximum Gasteiger partial charge on any atom is 0.241 e. The van der Waals surface area contributed by atoms with E-state index < -0.39 is 0 Å². The summed E-state index contributed by atoms with van der Waals surface area (Å²) in [5.74, 6) is 2.61. The number of rotatable bonds is 4. The number of para-hydroxylation sites is 1. The molecule has 5 nitrogen and oxygen atoms in total. The summed E-state index contributed by atoms with van der Waals surface area (Å²) in [6.07, 6.45) is 9.37. The van der Waals surface area contributed by atoms with Gasteiger partial charge in [-0.15, -0.1) is 0 Å². The van der Waals surface area contributed by atoms with Gasteiger partial charge in [-0.05, 0) is 80.8 Å². The Morgan fingerprint density at radius 2 is 1.81 bits per heavy atom. The van der Waals surface area contributed by atoms with Crippen LogP contribution in [-0.4, -0.2) is 21.7 Å². The number of fused-ring (bicyclic) bond motifs is 1. The van der Waals surface area contributed by atoms with Crippen LogP contribution in [0.3, 0.4) is 0 Å². The molecule has 1 N–H and O–H groups in total. The number of aromatic nitrogens is 2. The van der Waals surface area contributed by atoms with E-state index in [2.05, 4.69) is 17.3 Å². The van der Waals surface area contributed by atoms with Crippen LogP contribution in [0.2, 0.25) is 0 Å². The highest BCUT2D eigenvalue weighted by atomic mass is 16.2. The first-order valence-electron chi connectivity index (χ1n) is 10.3. The molecule has 0 spiro atoms. The lowest BCUT2D eigenvalue weighted by Gasteiger charge is -2.59. The zero-order valence-corrected chi connectivity index (χ0v) is 15.9. The molecule has 2 aromatic rings. The van der Waals surface area contributed by atoms with E-state index in [0.29, 0.717) is 16.3 Å². The summed E-state index contributed by atoms with van der Waals surface area (Å²) < 4.78 is 1.64. The van der Waals surface area contributed by atoms with Crippen molar-refractivity contribution < 1.29 is 4.79 Å². The fourth-order valence-corrected chi connectivity index (χ4v) is 6.57. The van der Waals surface area contributed by atoms with Crippen LogP contribution in [0.25, 0.3) is 10.9 Å². The van der Waals surface area contributed by atoms with Gasteiger partial charge >= 0.3 is 0 Å². The van der Waals surface area contributed by atoms with E-state index in [4.69, 9.17) is 0 Å². The Balaban J connectivity index is 1.33. The van der Waals surface area contributed by atoms with E-state index in [1.54, 1.807) is 10.7 Å². The number of nitrogens with zero attached hydrogens (tertiary/aromatic N) is 2. The quantitative estimate of drug-likeness (QED) is 0.905. The number of nitrogens with one attached hydrogen (secondary N) is 1. The SMILES string of the molecule is CC(NC(=O)Cn1ncc(=O)c2ccccc21)C12CC3CC(CC(C3)C1)C2. The van der Waals surface area contributed by atoms with Crippen molar-refractivity contribution in [2.75, 3.05) is 0 Å². The van der Waals surface area contributed by atoms with Gasteiger partial charge in [0.2, 0.25) is 11.3 Å². The monoisotopic (exact) mass is 365 g/mol. The second kappa shape index (κ2) is 6.18. The van der Waals surface area contributed by atoms with E-state index in [1.807, 2.05) is 18.2 Å². The molecule has 1 atom stereocenters. The van der Waals surface area contributed by atoms with Crippen molar-refractivity contribution in [2.45, 2.75) is 58.0 Å². The summed E-state index contributed by atoms with van der Waals surface area (Å²) in [4.78, 5) is 24.8. The minimum atomic E-state index is -0.107. The standard InChI is InChI=1S/C22H27N3O2/c1-14(22-9-15-6-16(10-22)8-17(7-15)11-22)24-21(27)13-25-19-5-3-2-4-18(19)20(26)12-23-25/h2-5,12,14-17H,6-11,13H2,1H3,(H,24,27). The van der Waals surface area contributed by atoms with Crippen LogP contribution in [0.15, 0.2) is 35.3 Å². The molecule has 5 heteroatoms. The summed E-state index contributed by atoms with van der Waals surface area (Å²) >= 11 is 0. The molecule has 1 unspecified atom stereocenters. The van der Waals surface area contributed by atoms with Gasteiger partial charge in [-0.1, -0.05) is 12.1 Å². The molecule has 6 rings (SSSR count). The zero-order valence-electron chi connectivity index (χ0n) is 15.9. The van der Waals surface area contributed by atoms with Crippen LogP contribution in [-0.2, 0) is 11.3 Å². The molecule has 0 radical (unpaired) electrons. The third-order valence-corrected chi connectivity index (χ3v) is 7.44. The van der Waals surface area contributed by atoms with Crippen molar-refractivity contribution in [1.29, 1.82) is 0 Å². The van der Waals surface area contributed by atoms with Crippen LogP contribution >= 0.6 is 0 Å². The Morgan fingerprint density at radius 1 is 1.19 bits per heavy atom. The molecule has 1 aromatic carbocycles. The summed E-state index contributed by atoms with van der Waals surface area (Å²) in [5, 5.41) is 8.08. The Morgan fingerprint density at radius 3 is 2.48 bits per heavy atom. The molecule has 4 aliphatic carbocycles. The van der Waals surface area contributed by atoms with Crippen LogP contribution in [0.4, 0.5) is 0 Å². The van der Waals surface area contributed by atoms with Gasteiger partial charge in [0, 0.05) is 11.4 Å². The number of hydrogen-bond donors (Lipinski definition) is 1. The molecule has 1 amide bonds. The highest BCUT2D eigenvalue weighted by Crippen LogP contribution is 2.61. The first kappa shape index (κ1) is 17.0. The molecule has 4 saturated carbocycles. The van der Waals surface area contributed by atoms with E-state index in [-0.39, 0.29) is 23.9 Å². The van der Waals surface area contributed by atoms with Gasteiger partial charge in [0.05, 0.1) is 11.7 Å². The molecule has 0 saturated heterocycles. The predicted octanol–water partition coefficient (Wildman–Crippen LogP) is 3.12. The molecule has 27 heavy (non-hydrogen) atoms. The minimum absolute atomic E-state index is 0.0143. The fraction of sp³-hybridized carbons (Fsp3) is 0.591. The topological polar surface area (TPSA) is 64.0 Å². The Labute approximate surface area is 159 Å². The molecular formula is C22H27N3O2. The van der Waals surface area contributed by atoms with E-state index >= 15 is 0 Å². The smallest absolute Gasteiger partial charge is 0.241 e. The van der Waals surface area contributed by atoms with Gasteiger partial charge < -0.3 is 5.32 Å². The molecular weight excluding hydrogens is 338 g/mol. The van der Waals surface area contributed by atoms with Gasteiger partial charge in [-0.2, -0.15) is 5.10 Å². The first-order chi connectivity index (χ1) is 13.0. The zero-order chi connectivity index (χ0) is 18.6. The summed E-state index contributed by atoms with van der Waals surface area (Å²) in [7, 11) is 0. The lowest BCUT2D eigenvalue weighted by molar-refractivity contribution is -0.126. The fourth-order valence-electron chi connectivity index (χ4n) is 6.57. The molecule has 4 bridgehead atoms. The van der Waals surface area contributed by atoms with Crippen LogP contribution in [0.1, 0.15) is 45.4 Å². The number of hydrogen-bond acceptors (Lipinski definition) is 3. The highest BCUT2D eigenvalue weighted by molar-refractivity contribution is 5.81. The number of amides is 1. The van der Waals surface area contributed by atoms with Crippen LogP contribution in [0, 0.1) is 23.2 Å². The minimum Gasteiger partial charge on any atom is -0.351 e. The van der Waals surface area contributed by atoms with Gasteiger partial charge in [0.25, 0.3) is 0 Å². The predicted molar refractivity (Wildman–Crippen MR) is 104 cm³/mol. The van der Waals surface area contributed by atoms with E-state index in [0.717, 1.165) is 17.8 Å². The number of carbonyl (C=O) groups is 1. The molecule has 1 aromatic heterocycles. The van der Waals surface area contributed by atoms with Crippen LogP contribution < -0.4 is 10.7 Å². The van der Waals surface area contributed by atoms with Gasteiger partial charge in [0.15, 0.2) is 0 Å². The van der Waals surface area contributed by atoms with Crippen molar-refractivity contribution in [3.8, 4) is 0 Å². The van der Waals surface area contributed by atoms with E-state index in [1.165, 1.54) is 44.7 Å². The summed E-state index contributed by atoms with van der Waals surface area (Å²) in [6, 6.07) is 7.54. The second-order valence-corrected chi connectivity index (χ2v) is 9.25. The first-order valence-corrected chi connectivity index (χ1v) is 10.3. The lowest BCUT2D eigenvalue weighted by atomic mass is 9.48. The van der Waals surface area contributed by atoms with Crippen molar-refractivity contribution in [3.63, 3.8) is 0 Å². The average Bonchev–Trinajstić information content (AvgIpc) is 2.63. The molecule has 1 heterocycles. The van der Waals surface area contributed by atoms with Gasteiger partial charge in [0.1, 0.15) is 6.54 Å². The Hall–Kier alpha value is -2.17. The molecule has 4 fully saturated rings. The Bertz CT molecular complexity index is 913. The van der Waals surface area contributed by atoms with Gasteiger partial charge in [-0.3, -0.25) is 14.3 Å². The van der Waals surface area contributed by atoms with Crippen molar-refractivity contribution in [2.24, 2.45) is 23.2 Å². The maximum atomic E-state index is 12.8. The summed E-state index contributed by atoms with van der Waals surface area (Å²) in [5.41, 5.74) is 0.899. The number of carbonyl (C=O) groups excluding carboxylic acids is 1. The molecule has 4 aliphatic rings. The summed E-state index contributed by atoms with van der Waals surface area (Å²) in [6.45, 7) is 2.35. The third kappa shape index (κ3) is 2.88. The van der Waals surface area contributed by atoms with E-state index in [9.17, 15) is 9.59 Å². The second-order valence-electron chi connectivity index (χ2n) is 9.25. The third-order valence-electron chi connectivity index (χ3n) is 7.44. The highest BCUT2D eigenvalue weighted by Gasteiger charge is 2.53. The maximum absolute atomic E-state index is 12.8. The lowest BCUT2D eigenvalue weighted by Crippen LogP contribution is -2.56. The molecule has 142 valence electrons. The average molecular weight is 365 g/mol. The molecule has 0 aliphatic heterocycles.